The summed E-state index contributed by atoms with van der Waals surface area (Å²) in [5.74, 6) is -0.177. The first-order valence-corrected chi connectivity index (χ1v) is 10.4. The predicted octanol–water partition coefficient (Wildman–Crippen LogP) is 4.41. The van der Waals surface area contributed by atoms with Crippen LogP contribution in [0, 0.1) is 13.8 Å². The van der Waals surface area contributed by atoms with Crippen molar-refractivity contribution in [1.29, 1.82) is 0 Å². The highest BCUT2D eigenvalue weighted by Gasteiger charge is 2.14. The fourth-order valence-corrected chi connectivity index (χ4v) is 3.83. The highest BCUT2D eigenvalue weighted by molar-refractivity contribution is 6.06. The van der Waals surface area contributed by atoms with Gasteiger partial charge in [0.1, 0.15) is 0 Å². The normalized spacial score (nSPS) is 11.2. The number of aromatic nitrogens is 3. The number of benzene rings is 3. The van der Waals surface area contributed by atoms with Gasteiger partial charge in [-0.3, -0.25) is 19.7 Å². The molecule has 0 radical (unpaired) electrons. The summed E-state index contributed by atoms with van der Waals surface area (Å²) in [6.45, 7) is 4.50. The summed E-state index contributed by atoms with van der Waals surface area (Å²) in [6.07, 6.45) is 1.59. The third kappa shape index (κ3) is 3.46. The number of rotatable bonds is 4. The predicted molar refractivity (Wildman–Crippen MR) is 126 cm³/mol. The molecular formula is C26H22N4O2. The first kappa shape index (κ1) is 19.8. The Bertz CT molecular complexity index is 1530. The van der Waals surface area contributed by atoms with E-state index in [0.717, 1.165) is 27.8 Å². The number of aromatic amines is 1. The van der Waals surface area contributed by atoms with Gasteiger partial charge in [0.05, 0.1) is 22.1 Å². The lowest BCUT2D eigenvalue weighted by Gasteiger charge is -2.07. The van der Waals surface area contributed by atoms with Crippen LogP contribution < -0.4 is 10.9 Å². The van der Waals surface area contributed by atoms with Gasteiger partial charge in [-0.1, -0.05) is 36.4 Å². The van der Waals surface area contributed by atoms with E-state index < -0.39 is 0 Å². The van der Waals surface area contributed by atoms with E-state index >= 15 is 0 Å². The molecule has 3 aromatic carbocycles. The average Bonchev–Trinajstić information content (AvgIpc) is 3.16. The Hall–Kier alpha value is -4.19. The third-order valence-corrected chi connectivity index (χ3v) is 5.83. The van der Waals surface area contributed by atoms with Gasteiger partial charge in [-0.15, -0.1) is 0 Å². The lowest BCUT2D eigenvalue weighted by Crippen LogP contribution is -2.22. The van der Waals surface area contributed by atoms with Crippen molar-refractivity contribution in [1.82, 2.24) is 20.1 Å². The quantitative estimate of drug-likeness (QED) is 0.450. The molecule has 1 amide bonds. The summed E-state index contributed by atoms with van der Waals surface area (Å²) in [5.41, 5.74) is 5.78. The number of fused-ring (bicyclic) bond motifs is 3. The molecule has 0 saturated heterocycles. The van der Waals surface area contributed by atoms with Gasteiger partial charge in [-0.05, 0) is 60.9 Å². The Labute approximate surface area is 184 Å². The van der Waals surface area contributed by atoms with E-state index in [0.29, 0.717) is 28.5 Å². The van der Waals surface area contributed by atoms with Crippen LogP contribution in [-0.2, 0) is 6.54 Å². The van der Waals surface area contributed by atoms with Gasteiger partial charge in [0, 0.05) is 23.7 Å². The monoisotopic (exact) mass is 422 g/mol. The maximum absolute atomic E-state index is 13.1. The minimum Gasteiger partial charge on any atom is -0.348 e. The van der Waals surface area contributed by atoms with E-state index in [9.17, 15) is 9.59 Å². The Kier molecular flexibility index (Phi) is 4.82. The molecule has 2 aromatic heterocycles. The lowest BCUT2D eigenvalue weighted by atomic mass is 10.1. The minimum absolute atomic E-state index is 0.170. The van der Waals surface area contributed by atoms with Crippen molar-refractivity contribution < 1.29 is 4.79 Å². The zero-order chi connectivity index (χ0) is 22.2. The molecule has 0 bridgehead atoms. The Balaban J connectivity index is 1.55. The number of pyridine rings is 1. The number of hydrogen-bond acceptors (Lipinski definition) is 3. The molecule has 0 unspecified atom stereocenters. The molecule has 0 aliphatic heterocycles. The second-order valence-corrected chi connectivity index (χ2v) is 7.97. The van der Waals surface area contributed by atoms with Crippen LogP contribution in [0.1, 0.15) is 27.0 Å². The number of nitrogens with one attached hydrogen (secondary N) is 2. The first-order valence-electron chi connectivity index (χ1n) is 10.4. The molecule has 2 N–H and O–H groups in total. The van der Waals surface area contributed by atoms with Gasteiger partial charge in [-0.2, -0.15) is 0 Å². The molecule has 0 aliphatic carbocycles. The van der Waals surface area contributed by atoms with Gasteiger partial charge < -0.3 is 5.32 Å². The highest BCUT2D eigenvalue weighted by Crippen LogP contribution is 2.23. The number of carbonyl (C=O) groups is 1. The topological polar surface area (TPSA) is 79.8 Å². The van der Waals surface area contributed by atoms with Crippen molar-refractivity contribution in [2.45, 2.75) is 20.4 Å². The highest BCUT2D eigenvalue weighted by atomic mass is 16.1. The Morgan fingerprint density at radius 3 is 2.56 bits per heavy atom. The van der Waals surface area contributed by atoms with Crippen LogP contribution in [0.3, 0.4) is 0 Å². The number of hydrogen-bond donors (Lipinski definition) is 2. The van der Waals surface area contributed by atoms with E-state index in [-0.39, 0.29) is 11.5 Å². The number of aryl methyl sites for hydroxylation is 2. The summed E-state index contributed by atoms with van der Waals surface area (Å²) in [6, 6.07) is 21.0. The molecule has 32 heavy (non-hydrogen) atoms. The molecule has 6 heteroatoms. The van der Waals surface area contributed by atoms with Crippen LogP contribution in [0.15, 0.2) is 77.7 Å². The van der Waals surface area contributed by atoms with E-state index in [1.165, 1.54) is 4.68 Å². The van der Waals surface area contributed by atoms with Gasteiger partial charge >= 0.3 is 0 Å². The number of H-pyrrole nitrogens is 1. The smallest absolute Gasteiger partial charge is 0.280 e. The van der Waals surface area contributed by atoms with Crippen molar-refractivity contribution in [2.75, 3.05) is 0 Å². The van der Waals surface area contributed by atoms with Crippen molar-refractivity contribution in [3.05, 3.63) is 106 Å². The molecule has 0 fully saturated rings. The summed E-state index contributed by atoms with van der Waals surface area (Å²) < 4.78 is 1.53. The maximum Gasteiger partial charge on any atom is 0.280 e. The van der Waals surface area contributed by atoms with Crippen molar-refractivity contribution in [3.63, 3.8) is 0 Å². The van der Waals surface area contributed by atoms with Crippen LogP contribution in [0.2, 0.25) is 0 Å². The van der Waals surface area contributed by atoms with Crippen molar-refractivity contribution in [2.24, 2.45) is 0 Å². The van der Waals surface area contributed by atoms with Gasteiger partial charge in [-0.25, -0.2) is 4.68 Å². The van der Waals surface area contributed by atoms with Crippen molar-refractivity contribution in [3.8, 4) is 5.69 Å². The summed E-state index contributed by atoms with van der Waals surface area (Å²) >= 11 is 0. The lowest BCUT2D eigenvalue weighted by molar-refractivity contribution is 0.0951. The molecule has 2 heterocycles. The zero-order valence-electron chi connectivity index (χ0n) is 17.8. The van der Waals surface area contributed by atoms with Crippen LogP contribution in [0.5, 0.6) is 0 Å². The van der Waals surface area contributed by atoms with Crippen LogP contribution in [0.25, 0.3) is 27.5 Å². The van der Waals surface area contributed by atoms with E-state index in [1.807, 2.05) is 62.4 Å². The number of nitrogens with zero attached hydrogens (tertiary/aromatic N) is 2. The molecule has 0 aliphatic rings. The minimum atomic E-state index is -0.177. The summed E-state index contributed by atoms with van der Waals surface area (Å²) in [7, 11) is 0. The molecular weight excluding hydrogens is 400 g/mol. The van der Waals surface area contributed by atoms with Crippen LogP contribution in [-0.4, -0.2) is 20.7 Å². The first-order chi connectivity index (χ1) is 15.5. The second-order valence-electron chi connectivity index (χ2n) is 7.97. The number of amides is 1. The molecule has 0 saturated carbocycles. The van der Waals surface area contributed by atoms with Crippen molar-refractivity contribution >= 4 is 27.7 Å². The van der Waals surface area contributed by atoms with Gasteiger partial charge in [0.2, 0.25) is 0 Å². The largest absolute Gasteiger partial charge is 0.348 e. The summed E-state index contributed by atoms with van der Waals surface area (Å²) in [4.78, 5) is 30.2. The Morgan fingerprint density at radius 1 is 0.969 bits per heavy atom. The fourth-order valence-electron chi connectivity index (χ4n) is 3.83. The molecule has 0 atom stereocenters. The molecule has 5 rings (SSSR count). The van der Waals surface area contributed by atoms with Crippen LogP contribution in [0.4, 0.5) is 0 Å². The number of carbonyl (C=O) groups excluding carboxylic acids is 1. The van der Waals surface area contributed by atoms with E-state index in [2.05, 4.69) is 15.4 Å². The van der Waals surface area contributed by atoms with Crippen LogP contribution >= 0.6 is 0 Å². The SMILES string of the molecule is Cc1ccc(-n2[nH]c3c(cnc4ccc(C(=O)NCc5ccccc5)cc43)c2=O)cc1C. The molecule has 5 aromatic rings. The second kappa shape index (κ2) is 7.81. The van der Waals surface area contributed by atoms with Gasteiger partial charge in [0.25, 0.3) is 11.5 Å². The van der Waals surface area contributed by atoms with E-state index in [4.69, 9.17) is 0 Å². The van der Waals surface area contributed by atoms with E-state index in [1.54, 1.807) is 24.4 Å². The molecule has 6 nitrogen and oxygen atoms in total. The molecule has 158 valence electrons. The van der Waals surface area contributed by atoms with Gasteiger partial charge in [0.15, 0.2) is 0 Å². The maximum atomic E-state index is 13.1. The average molecular weight is 422 g/mol. The Morgan fingerprint density at radius 2 is 1.78 bits per heavy atom. The fraction of sp³-hybridized carbons (Fsp3) is 0.115. The third-order valence-electron chi connectivity index (χ3n) is 5.83. The zero-order valence-corrected chi connectivity index (χ0v) is 17.8. The molecule has 0 spiro atoms. The summed E-state index contributed by atoms with van der Waals surface area (Å²) in [5, 5.41) is 7.39. The standard InChI is InChI=1S/C26H22N4O2/c1-16-8-10-20(12-17(16)2)30-26(32)22-15-27-23-11-9-19(13-21(23)24(22)29-30)25(31)28-14-18-6-4-3-5-7-18/h3-13,15,29H,14H2,1-2H3,(H,28,31).